The molecule has 7 nitrogen and oxygen atoms in total. The summed E-state index contributed by atoms with van der Waals surface area (Å²) in [4.78, 5) is 26.3. The van der Waals surface area contributed by atoms with E-state index >= 15 is 0 Å². The highest BCUT2D eigenvalue weighted by atomic mass is 32.2. The molecular weight excluding hydrogens is 350 g/mol. The van der Waals surface area contributed by atoms with Gasteiger partial charge in [-0.05, 0) is 38.4 Å². The van der Waals surface area contributed by atoms with E-state index < -0.39 is 0 Å². The third-order valence-corrected chi connectivity index (χ3v) is 6.50. The van der Waals surface area contributed by atoms with Crippen LogP contribution in [0.2, 0.25) is 0 Å². The van der Waals surface area contributed by atoms with Crippen molar-refractivity contribution in [2.24, 2.45) is 7.05 Å². The summed E-state index contributed by atoms with van der Waals surface area (Å²) in [6.45, 7) is 0.373. The van der Waals surface area contributed by atoms with E-state index in [0.29, 0.717) is 6.54 Å². The van der Waals surface area contributed by atoms with Crippen molar-refractivity contribution in [3.05, 3.63) is 37.9 Å². The van der Waals surface area contributed by atoms with E-state index in [1.54, 1.807) is 9.13 Å². The van der Waals surface area contributed by atoms with Gasteiger partial charge in [0, 0.05) is 24.3 Å². The Morgan fingerprint density at radius 3 is 2.54 bits per heavy atom. The molecule has 1 fully saturated rings. The highest BCUT2D eigenvalue weighted by Crippen LogP contribution is 2.27. The van der Waals surface area contributed by atoms with Crippen molar-refractivity contribution in [1.82, 2.24) is 23.9 Å². The third kappa shape index (κ3) is 2.84. The summed E-state index contributed by atoms with van der Waals surface area (Å²) in [6, 6.07) is 0.0437. The van der Waals surface area contributed by atoms with Gasteiger partial charge in [0.05, 0.1) is 6.54 Å². The Balaban J connectivity index is 1.83. The number of aromatic nitrogens is 5. The van der Waals surface area contributed by atoms with Crippen LogP contribution in [0, 0.1) is 0 Å². The lowest BCUT2D eigenvalue weighted by Gasteiger charge is -2.25. The van der Waals surface area contributed by atoms with Crippen molar-refractivity contribution in [3.8, 4) is 0 Å². The molecule has 0 saturated heterocycles. The van der Waals surface area contributed by atoms with Crippen molar-refractivity contribution in [1.29, 1.82) is 0 Å². The van der Waals surface area contributed by atoms with Crippen LogP contribution in [0.15, 0.2) is 14.7 Å². The zero-order chi connectivity index (χ0) is 18.3. The van der Waals surface area contributed by atoms with Crippen LogP contribution in [0.1, 0.15) is 61.6 Å². The average molecular weight is 375 g/mol. The Labute approximate surface area is 156 Å². The summed E-state index contributed by atoms with van der Waals surface area (Å²) in [5, 5.41) is 9.26. The first-order chi connectivity index (χ1) is 12.6. The molecule has 1 saturated carbocycles. The Morgan fingerprint density at radius 1 is 1.08 bits per heavy atom. The van der Waals surface area contributed by atoms with Gasteiger partial charge in [-0.3, -0.25) is 13.9 Å². The first-order valence-corrected chi connectivity index (χ1v) is 10.6. The van der Waals surface area contributed by atoms with Gasteiger partial charge in [0.25, 0.3) is 5.56 Å². The maximum Gasteiger partial charge on any atom is 0.331 e. The summed E-state index contributed by atoms with van der Waals surface area (Å²) in [5.74, 6) is 0.749. The van der Waals surface area contributed by atoms with Crippen LogP contribution >= 0.6 is 11.8 Å². The van der Waals surface area contributed by atoms with Gasteiger partial charge in [-0.2, -0.15) is 0 Å². The fraction of sp³-hybridized carbons (Fsp3) is 0.667. The maximum absolute atomic E-state index is 13.3. The van der Waals surface area contributed by atoms with E-state index in [0.717, 1.165) is 67.2 Å². The van der Waals surface area contributed by atoms with Gasteiger partial charge in [0.15, 0.2) is 11.0 Å². The Hall–Kier alpha value is -1.83. The topological polar surface area (TPSA) is 74.7 Å². The molecule has 4 rings (SSSR count). The van der Waals surface area contributed by atoms with Crippen molar-refractivity contribution in [2.45, 2.75) is 69.1 Å². The summed E-state index contributed by atoms with van der Waals surface area (Å²) in [6.07, 6.45) is 9.69. The standard InChI is InChI=1S/C18H25N5O2S/c1-21-15(19-20-17(21)26-2)11-22-14-10-6-9-13(14)16(24)23(18(22)25)12-7-4-3-5-8-12/h12H,3-11H2,1-2H3. The van der Waals surface area contributed by atoms with Gasteiger partial charge < -0.3 is 4.57 Å². The molecule has 0 unspecified atom stereocenters. The predicted molar refractivity (Wildman–Crippen MR) is 101 cm³/mol. The second-order valence-electron chi connectivity index (χ2n) is 7.28. The van der Waals surface area contributed by atoms with Crippen molar-refractivity contribution in [2.75, 3.05) is 6.26 Å². The number of fused-ring (bicyclic) bond motifs is 1. The van der Waals surface area contributed by atoms with Gasteiger partial charge in [-0.15, -0.1) is 10.2 Å². The Morgan fingerprint density at radius 2 is 1.85 bits per heavy atom. The molecule has 140 valence electrons. The molecule has 0 amide bonds. The first-order valence-electron chi connectivity index (χ1n) is 9.41. The summed E-state index contributed by atoms with van der Waals surface area (Å²) in [5.41, 5.74) is 1.52. The molecule has 2 heterocycles. The van der Waals surface area contributed by atoms with Crippen LogP contribution < -0.4 is 11.2 Å². The summed E-state index contributed by atoms with van der Waals surface area (Å²) < 4.78 is 5.26. The number of hydrogen-bond acceptors (Lipinski definition) is 5. The average Bonchev–Trinajstić information content (AvgIpc) is 3.27. The van der Waals surface area contributed by atoms with Gasteiger partial charge in [0.2, 0.25) is 0 Å². The van der Waals surface area contributed by atoms with Crippen LogP contribution in [0.4, 0.5) is 0 Å². The van der Waals surface area contributed by atoms with E-state index in [1.807, 2.05) is 17.9 Å². The van der Waals surface area contributed by atoms with Crippen molar-refractivity contribution >= 4 is 11.8 Å². The van der Waals surface area contributed by atoms with Crippen molar-refractivity contribution < 1.29 is 0 Å². The van der Waals surface area contributed by atoms with Crippen LogP contribution in [-0.4, -0.2) is 30.2 Å². The second kappa shape index (κ2) is 7.06. The molecule has 0 bridgehead atoms. The SMILES string of the molecule is CSc1nnc(Cn2c3c(c(=O)n(C4CCCCC4)c2=O)CCC3)n1C. The van der Waals surface area contributed by atoms with Gasteiger partial charge in [0.1, 0.15) is 0 Å². The highest BCUT2D eigenvalue weighted by molar-refractivity contribution is 7.98. The van der Waals surface area contributed by atoms with Crippen LogP contribution in [0.5, 0.6) is 0 Å². The predicted octanol–water partition coefficient (Wildman–Crippen LogP) is 1.90. The molecule has 0 spiro atoms. The molecule has 2 aromatic rings. The fourth-order valence-electron chi connectivity index (χ4n) is 4.36. The monoisotopic (exact) mass is 375 g/mol. The van der Waals surface area contributed by atoms with Crippen LogP contribution in [-0.2, 0) is 26.4 Å². The summed E-state index contributed by atoms with van der Waals surface area (Å²) in [7, 11) is 1.92. The quantitative estimate of drug-likeness (QED) is 0.763. The molecule has 2 aliphatic rings. The maximum atomic E-state index is 13.3. The Bertz CT molecular complexity index is 936. The minimum Gasteiger partial charge on any atom is -0.308 e. The minimum absolute atomic E-state index is 0.0437. The van der Waals surface area contributed by atoms with E-state index in [9.17, 15) is 9.59 Å². The molecule has 26 heavy (non-hydrogen) atoms. The number of rotatable bonds is 4. The third-order valence-electron chi connectivity index (χ3n) is 5.78. The largest absolute Gasteiger partial charge is 0.331 e. The fourth-order valence-corrected chi connectivity index (χ4v) is 4.86. The molecule has 0 atom stereocenters. The normalized spacial score (nSPS) is 17.6. The molecule has 0 aliphatic heterocycles. The molecule has 0 aromatic carbocycles. The van der Waals surface area contributed by atoms with Gasteiger partial charge in [-0.1, -0.05) is 31.0 Å². The van der Waals surface area contributed by atoms with Crippen LogP contribution in [0.25, 0.3) is 0 Å². The zero-order valence-corrected chi connectivity index (χ0v) is 16.2. The van der Waals surface area contributed by atoms with E-state index in [-0.39, 0.29) is 17.3 Å². The lowest BCUT2D eigenvalue weighted by molar-refractivity contribution is 0.327. The second-order valence-corrected chi connectivity index (χ2v) is 8.05. The van der Waals surface area contributed by atoms with Gasteiger partial charge in [-0.25, -0.2) is 4.79 Å². The van der Waals surface area contributed by atoms with Crippen molar-refractivity contribution in [3.63, 3.8) is 0 Å². The lowest BCUT2D eigenvalue weighted by Crippen LogP contribution is -2.45. The molecule has 2 aromatic heterocycles. The van der Waals surface area contributed by atoms with E-state index in [1.165, 1.54) is 18.2 Å². The number of thioether (sulfide) groups is 1. The number of hydrogen-bond donors (Lipinski definition) is 0. The minimum atomic E-state index is -0.170. The molecule has 0 radical (unpaired) electrons. The Kier molecular flexibility index (Phi) is 4.77. The lowest BCUT2D eigenvalue weighted by atomic mass is 9.95. The smallest absolute Gasteiger partial charge is 0.308 e. The number of nitrogens with zero attached hydrogens (tertiary/aromatic N) is 5. The molecule has 2 aliphatic carbocycles. The highest BCUT2D eigenvalue weighted by Gasteiger charge is 2.27. The zero-order valence-electron chi connectivity index (χ0n) is 15.4. The molecular formula is C18H25N5O2S. The van der Waals surface area contributed by atoms with E-state index in [2.05, 4.69) is 10.2 Å². The van der Waals surface area contributed by atoms with Crippen LogP contribution in [0.3, 0.4) is 0 Å². The molecule has 0 N–H and O–H groups in total. The molecule has 8 heteroatoms. The van der Waals surface area contributed by atoms with E-state index in [4.69, 9.17) is 0 Å². The summed E-state index contributed by atoms with van der Waals surface area (Å²) >= 11 is 1.53. The van der Waals surface area contributed by atoms with Gasteiger partial charge >= 0.3 is 5.69 Å². The first kappa shape index (κ1) is 17.6.